The second-order valence-electron chi connectivity index (χ2n) is 4.89. The number of benzene rings is 1. The lowest BCUT2D eigenvalue weighted by Crippen LogP contribution is -2.28. The van der Waals surface area contributed by atoms with Crippen LogP contribution in [0.15, 0.2) is 24.3 Å². The van der Waals surface area contributed by atoms with Gasteiger partial charge in [-0.3, -0.25) is 4.18 Å². The van der Waals surface area contributed by atoms with E-state index in [4.69, 9.17) is 14.6 Å². The van der Waals surface area contributed by atoms with Crippen LogP contribution in [0.2, 0.25) is 0 Å². The third-order valence-corrected chi connectivity index (χ3v) is 4.24. The molecule has 1 saturated heterocycles. The summed E-state index contributed by atoms with van der Waals surface area (Å²) < 4.78 is 39.0. The fraction of sp³-hybridized carbons (Fsp3) is 0.500. The Kier molecular flexibility index (Phi) is 4.72. The highest BCUT2D eigenvalue weighted by molar-refractivity contribution is 14.1. The molecule has 112 valence electrons. The van der Waals surface area contributed by atoms with Crippen molar-refractivity contribution in [2.24, 2.45) is 5.14 Å². The van der Waals surface area contributed by atoms with Crippen molar-refractivity contribution in [1.82, 2.24) is 0 Å². The number of halogens is 1. The van der Waals surface area contributed by atoms with Crippen LogP contribution in [-0.2, 0) is 24.0 Å². The van der Waals surface area contributed by atoms with Crippen molar-refractivity contribution < 1.29 is 22.1 Å². The van der Waals surface area contributed by atoms with Gasteiger partial charge in [-0.1, -0.05) is 18.2 Å². The Hall–Kier alpha value is -0.260. The third kappa shape index (κ3) is 4.12. The fourth-order valence-corrected chi connectivity index (χ4v) is 3.11. The van der Waals surface area contributed by atoms with E-state index in [2.05, 4.69) is 26.8 Å². The summed E-state index contributed by atoms with van der Waals surface area (Å²) in [4.78, 5) is 0. The van der Waals surface area contributed by atoms with Crippen molar-refractivity contribution in [2.75, 3.05) is 6.61 Å². The molecule has 1 heterocycles. The lowest BCUT2D eigenvalue weighted by Gasteiger charge is -2.18. The standard InChI is InChI=1S/C12H16INO5S/c1-12(2)18-10(7-17-20(14,15)16)11(19-12)8-5-3-4-6-9(8)13/h3-6,10-11H,7H2,1-2H3,(H2,14,15,16). The van der Waals surface area contributed by atoms with Crippen molar-refractivity contribution in [3.8, 4) is 0 Å². The van der Waals surface area contributed by atoms with E-state index >= 15 is 0 Å². The van der Waals surface area contributed by atoms with Crippen LogP contribution in [0.25, 0.3) is 0 Å². The van der Waals surface area contributed by atoms with E-state index in [9.17, 15) is 8.42 Å². The van der Waals surface area contributed by atoms with Gasteiger partial charge in [0.2, 0.25) is 0 Å². The molecule has 1 aromatic carbocycles. The average Bonchev–Trinajstić information content (AvgIpc) is 2.62. The third-order valence-electron chi connectivity index (χ3n) is 2.79. The van der Waals surface area contributed by atoms with Gasteiger partial charge in [0, 0.05) is 3.57 Å². The summed E-state index contributed by atoms with van der Waals surface area (Å²) in [6.45, 7) is 3.36. The van der Waals surface area contributed by atoms with Crippen LogP contribution in [0.5, 0.6) is 0 Å². The molecule has 1 fully saturated rings. The Labute approximate surface area is 132 Å². The molecule has 2 atom stereocenters. The van der Waals surface area contributed by atoms with Gasteiger partial charge in [-0.05, 0) is 48.1 Å². The largest absolute Gasteiger partial charge is 0.342 e. The molecule has 0 aliphatic carbocycles. The maximum atomic E-state index is 10.9. The molecule has 0 saturated carbocycles. The predicted molar refractivity (Wildman–Crippen MR) is 81.0 cm³/mol. The minimum atomic E-state index is -4.00. The molecule has 0 bridgehead atoms. The molecule has 6 nitrogen and oxygen atoms in total. The van der Waals surface area contributed by atoms with E-state index in [1.165, 1.54) is 0 Å². The second-order valence-corrected chi connectivity index (χ2v) is 7.28. The lowest BCUT2D eigenvalue weighted by atomic mass is 10.1. The first-order chi connectivity index (χ1) is 9.18. The summed E-state index contributed by atoms with van der Waals surface area (Å²) in [5, 5.41) is 4.85. The van der Waals surface area contributed by atoms with Gasteiger partial charge in [0.25, 0.3) is 0 Å². The molecular weight excluding hydrogens is 397 g/mol. The zero-order chi connectivity index (χ0) is 15.0. The summed E-state index contributed by atoms with van der Waals surface area (Å²) in [7, 11) is -4.00. The Balaban J connectivity index is 2.23. The van der Waals surface area contributed by atoms with Gasteiger partial charge in [-0.15, -0.1) is 0 Å². The van der Waals surface area contributed by atoms with Crippen molar-refractivity contribution >= 4 is 32.9 Å². The van der Waals surface area contributed by atoms with Crippen LogP contribution in [0.3, 0.4) is 0 Å². The Morgan fingerprint density at radius 3 is 2.60 bits per heavy atom. The SMILES string of the molecule is CC1(C)OC(COS(N)(=O)=O)C(c2ccccc2I)O1. The van der Waals surface area contributed by atoms with Gasteiger partial charge < -0.3 is 9.47 Å². The Bertz CT molecular complexity index is 589. The molecule has 8 heteroatoms. The van der Waals surface area contributed by atoms with E-state index in [0.717, 1.165) is 9.13 Å². The fourth-order valence-electron chi connectivity index (χ4n) is 2.09. The van der Waals surface area contributed by atoms with E-state index in [-0.39, 0.29) is 6.61 Å². The summed E-state index contributed by atoms with van der Waals surface area (Å²) in [5.74, 6) is -0.810. The van der Waals surface area contributed by atoms with Gasteiger partial charge >= 0.3 is 10.3 Å². The molecule has 2 N–H and O–H groups in total. The molecule has 2 unspecified atom stereocenters. The highest BCUT2D eigenvalue weighted by Crippen LogP contribution is 2.39. The molecule has 20 heavy (non-hydrogen) atoms. The molecule has 0 aromatic heterocycles. The first kappa shape index (κ1) is 16.1. The van der Waals surface area contributed by atoms with Gasteiger partial charge in [0.1, 0.15) is 12.2 Å². The Morgan fingerprint density at radius 2 is 2.00 bits per heavy atom. The summed E-state index contributed by atoms with van der Waals surface area (Å²) >= 11 is 2.20. The van der Waals surface area contributed by atoms with Crippen LogP contribution >= 0.6 is 22.6 Å². The van der Waals surface area contributed by atoms with Gasteiger partial charge in [0.05, 0.1) is 6.61 Å². The van der Waals surface area contributed by atoms with Gasteiger partial charge in [-0.2, -0.15) is 8.42 Å². The van der Waals surface area contributed by atoms with Gasteiger partial charge in [-0.25, -0.2) is 5.14 Å². The lowest BCUT2D eigenvalue weighted by molar-refractivity contribution is -0.148. The summed E-state index contributed by atoms with van der Waals surface area (Å²) in [5.41, 5.74) is 0.932. The first-order valence-corrected chi connectivity index (χ1v) is 8.50. The van der Waals surface area contributed by atoms with E-state index in [0.29, 0.717) is 0 Å². The Morgan fingerprint density at radius 1 is 1.35 bits per heavy atom. The highest BCUT2D eigenvalue weighted by Gasteiger charge is 2.43. The molecule has 0 spiro atoms. The summed E-state index contributed by atoms with van der Waals surface area (Å²) in [6.07, 6.45) is -0.945. The van der Waals surface area contributed by atoms with Crippen LogP contribution in [0, 0.1) is 3.57 Å². The van der Waals surface area contributed by atoms with Gasteiger partial charge in [0.15, 0.2) is 5.79 Å². The van der Waals surface area contributed by atoms with Crippen LogP contribution in [-0.4, -0.2) is 26.9 Å². The molecule has 0 radical (unpaired) electrons. The van der Waals surface area contributed by atoms with Crippen molar-refractivity contribution in [3.05, 3.63) is 33.4 Å². The number of hydrogen-bond acceptors (Lipinski definition) is 5. The maximum absolute atomic E-state index is 10.9. The zero-order valence-corrected chi connectivity index (χ0v) is 14.1. The smallest absolute Gasteiger partial charge is 0.333 e. The number of ether oxygens (including phenoxy) is 2. The van der Waals surface area contributed by atoms with Crippen LogP contribution < -0.4 is 5.14 Å². The molecule has 1 aliphatic rings. The van der Waals surface area contributed by atoms with E-state index in [1.54, 1.807) is 13.8 Å². The molecule has 1 aromatic rings. The topological polar surface area (TPSA) is 87.9 Å². The summed E-state index contributed by atoms with van der Waals surface area (Å²) in [6, 6.07) is 7.68. The first-order valence-electron chi connectivity index (χ1n) is 5.95. The molecule has 0 amide bonds. The second kappa shape index (κ2) is 5.85. The predicted octanol–water partition coefficient (Wildman–Crippen LogP) is 1.70. The van der Waals surface area contributed by atoms with Crippen LogP contribution in [0.4, 0.5) is 0 Å². The average molecular weight is 413 g/mol. The molecule has 1 aliphatic heterocycles. The minimum absolute atomic E-state index is 0.183. The van der Waals surface area contributed by atoms with Crippen molar-refractivity contribution in [3.63, 3.8) is 0 Å². The molecule has 2 rings (SSSR count). The van der Waals surface area contributed by atoms with Crippen molar-refractivity contribution in [1.29, 1.82) is 0 Å². The maximum Gasteiger partial charge on any atom is 0.333 e. The molecular formula is C12H16INO5S. The normalized spacial score (nSPS) is 25.8. The highest BCUT2D eigenvalue weighted by atomic mass is 127. The van der Waals surface area contributed by atoms with E-state index < -0.39 is 28.3 Å². The number of rotatable bonds is 4. The van der Waals surface area contributed by atoms with Crippen LogP contribution in [0.1, 0.15) is 25.5 Å². The number of nitrogens with two attached hydrogens (primary N) is 1. The minimum Gasteiger partial charge on any atom is -0.342 e. The van der Waals surface area contributed by atoms with Crippen molar-refractivity contribution in [2.45, 2.75) is 31.8 Å². The zero-order valence-electron chi connectivity index (χ0n) is 11.1. The monoisotopic (exact) mass is 413 g/mol. The number of hydrogen-bond donors (Lipinski definition) is 1. The quantitative estimate of drug-likeness (QED) is 0.760. The van der Waals surface area contributed by atoms with E-state index in [1.807, 2.05) is 24.3 Å².